The van der Waals surface area contributed by atoms with Gasteiger partial charge in [0.2, 0.25) is 0 Å². The minimum atomic E-state index is -0.310. The molecule has 2 aromatic heterocycles. The summed E-state index contributed by atoms with van der Waals surface area (Å²) in [4.78, 5) is 16.5. The summed E-state index contributed by atoms with van der Waals surface area (Å²) in [5.74, 6) is -0.310. The number of benzene rings is 1. The minimum Gasteiger partial charge on any atom is -0.392 e. The number of hydrogen-bond donors (Lipinski definition) is 2. The molecule has 1 aromatic carbocycles. The number of halogens is 1. The summed E-state index contributed by atoms with van der Waals surface area (Å²) in [5, 5.41) is 17.1. The predicted molar refractivity (Wildman–Crippen MR) is 91.4 cm³/mol. The number of aliphatic hydroxyl groups is 1. The summed E-state index contributed by atoms with van der Waals surface area (Å²) in [5.41, 5.74) is 2.92. The maximum atomic E-state index is 12.5. The summed E-state index contributed by atoms with van der Waals surface area (Å²) < 4.78 is 1.62. The lowest BCUT2D eigenvalue weighted by Gasteiger charge is -2.07. The number of carbonyl (C=O) groups excluding carboxylic acids is 1. The third-order valence-corrected chi connectivity index (χ3v) is 3.82. The fourth-order valence-corrected chi connectivity index (χ4v) is 2.40. The van der Waals surface area contributed by atoms with E-state index in [2.05, 4.69) is 15.4 Å². The zero-order valence-electron chi connectivity index (χ0n) is 12.9. The van der Waals surface area contributed by atoms with Gasteiger partial charge in [-0.2, -0.15) is 5.10 Å². The van der Waals surface area contributed by atoms with Gasteiger partial charge in [-0.3, -0.25) is 9.78 Å². The lowest BCUT2D eigenvalue weighted by molar-refractivity contribution is 0.102. The fourth-order valence-electron chi connectivity index (χ4n) is 2.27. The first-order valence-electron chi connectivity index (χ1n) is 7.26. The van der Waals surface area contributed by atoms with Crippen LogP contribution in [0.3, 0.4) is 0 Å². The third kappa shape index (κ3) is 3.29. The van der Waals surface area contributed by atoms with Gasteiger partial charge in [-0.1, -0.05) is 11.6 Å². The Labute approximate surface area is 143 Å². The number of anilines is 1. The van der Waals surface area contributed by atoms with Crippen LogP contribution in [-0.4, -0.2) is 25.8 Å². The van der Waals surface area contributed by atoms with Crippen LogP contribution in [0.1, 0.15) is 21.6 Å². The summed E-state index contributed by atoms with van der Waals surface area (Å²) >= 11 is 5.88. The average Bonchev–Trinajstić information content (AvgIpc) is 2.98. The van der Waals surface area contributed by atoms with Crippen LogP contribution < -0.4 is 5.32 Å². The van der Waals surface area contributed by atoms with Gasteiger partial charge in [0.05, 0.1) is 35.4 Å². The Bertz CT molecular complexity index is 875. The standard InChI is InChI=1S/C17H15ClN4O2/c1-11-15(9-22(21-11)14-4-2-13(18)3-5-14)17(24)20-16-8-19-7-6-12(16)10-23/h2-9,23H,10H2,1H3,(H,20,24). The van der Waals surface area contributed by atoms with Gasteiger partial charge in [-0.15, -0.1) is 0 Å². The molecule has 0 aliphatic heterocycles. The molecular formula is C17H15ClN4O2. The number of nitrogens with one attached hydrogen (secondary N) is 1. The molecule has 0 aliphatic rings. The maximum Gasteiger partial charge on any atom is 0.259 e. The van der Waals surface area contributed by atoms with E-state index in [1.807, 2.05) is 12.1 Å². The normalized spacial score (nSPS) is 10.6. The van der Waals surface area contributed by atoms with Crippen LogP contribution >= 0.6 is 11.6 Å². The lowest BCUT2D eigenvalue weighted by Crippen LogP contribution is -2.14. The minimum absolute atomic E-state index is 0.179. The van der Waals surface area contributed by atoms with Crippen LogP contribution in [0.15, 0.2) is 48.9 Å². The summed E-state index contributed by atoms with van der Waals surface area (Å²) in [7, 11) is 0. The van der Waals surface area contributed by atoms with Crippen LogP contribution in [0.2, 0.25) is 5.02 Å². The molecule has 0 aliphatic carbocycles. The summed E-state index contributed by atoms with van der Waals surface area (Å²) in [6, 6.07) is 8.82. The van der Waals surface area contributed by atoms with Gasteiger partial charge in [-0.05, 0) is 37.3 Å². The van der Waals surface area contributed by atoms with Crippen LogP contribution in [0.25, 0.3) is 5.69 Å². The highest BCUT2D eigenvalue weighted by molar-refractivity contribution is 6.30. The smallest absolute Gasteiger partial charge is 0.259 e. The Morgan fingerprint density at radius 2 is 2.04 bits per heavy atom. The van der Waals surface area contributed by atoms with Crippen LogP contribution in [0, 0.1) is 6.92 Å². The molecule has 0 unspecified atom stereocenters. The molecule has 3 rings (SSSR count). The van der Waals surface area contributed by atoms with Gasteiger partial charge in [0.1, 0.15) is 0 Å². The van der Waals surface area contributed by atoms with E-state index in [1.54, 1.807) is 42.2 Å². The molecule has 0 atom stereocenters. The van der Waals surface area contributed by atoms with E-state index in [4.69, 9.17) is 11.6 Å². The second kappa shape index (κ2) is 6.82. The van der Waals surface area contributed by atoms with E-state index < -0.39 is 0 Å². The van der Waals surface area contributed by atoms with E-state index in [0.29, 0.717) is 27.5 Å². The van der Waals surface area contributed by atoms with Gasteiger partial charge in [-0.25, -0.2) is 4.68 Å². The van der Waals surface area contributed by atoms with E-state index >= 15 is 0 Å². The zero-order chi connectivity index (χ0) is 17.1. The Hall–Kier alpha value is -2.70. The molecule has 0 spiro atoms. The van der Waals surface area contributed by atoms with Crippen molar-refractivity contribution in [1.29, 1.82) is 0 Å². The van der Waals surface area contributed by atoms with E-state index in [1.165, 1.54) is 6.20 Å². The number of nitrogens with zero attached hydrogens (tertiary/aromatic N) is 3. The Kier molecular flexibility index (Phi) is 4.59. The fraction of sp³-hybridized carbons (Fsp3) is 0.118. The Morgan fingerprint density at radius 1 is 1.29 bits per heavy atom. The SMILES string of the molecule is Cc1nn(-c2ccc(Cl)cc2)cc1C(=O)Nc1cnccc1CO. The van der Waals surface area contributed by atoms with Gasteiger partial charge >= 0.3 is 0 Å². The first-order chi connectivity index (χ1) is 11.6. The number of aromatic nitrogens is 3. The molecule has 6 nitrogen and oxygen atoms in total. The molecule has 0 saturated heterocycles. The lowest BCUT2D eigenvalue weighted by atomic mass is 10.2. The quantitative estimate of drug-likeness (QED) is 0.764. The molecule has 0 saturated carbocycles. The van der Waals surface area contributed by atoms with Gasteiger partial charge in [0, 0.05) is 23.0 Å². The third-order valence-electron chi connectivity index (χ3n) is 3.56. The van der Waals surface area contributed by atoms with Crippen molar-refractivity contribution in [3.05, 3.63) is 70.8 Å². The molecule has 0 radical (unpaired) electrons. The Morgan fingerprint density at radius 3 is 2.75 bits per heavy atom. The molecule has 0 bridgehead atoms. The van der Waals surface area contributed by atoms with Crippen molar-refractivity contribution in [2.45, 2.75) is 13.5 Å². The maximum absolute atomic E-state index is 12.5. The number of aryl methyl sites for hydroxylation is 1. The second-order valence-electron chi connectivity index (χ2n) is 5.19. The molecule has 2 N–H and O–H groups in total. The largest absolute Gasteiger partial charge is 0.392 e. The highest BCUT2D eigenvalue weighted by Crippen LogP contribution is 2.18. The number of hydrogen-bond acceptors (Lipinski definition) is 4. The van der Waals surface area contributed by atoms with Crippen LogP contribution in [0.5, 0.6) is 0 Å². The molecule has 122 valence electrons. The van der Waals surface area contributed by atoms with E-state index in [9.17, 15) is 9.90 Å². The average molecular weight is 343 g/mol. The van der Waals surface area contributed by atoms with E-state index in [0.717, 1.165) is 5.69 Å². The monoisotopic (exact) mass is 342 g/mol. The Balaban J connectivity index is 1.87. The number of pyridine rings is 1. The zero-order valence-corrected chi connectivity index (χ0v) is 13.7. The summed E-state index contributed by atoms with van der Waals surface area (Å²) in [6.45, 7) is 1.58. The van der Waals surface area contributed by atoms with Crippen molar-refractivity contribution in [3.8, 4) is 5.69 Å². The van der Waals surface area contributed by atoms with Crippen molar-refractivity contribution in [1.82, 2.24) is 14.8 Å². The van der Waals surface area contributed by atoms with Crippen molar-refractivity contribution >= 4 is 23.2 Å². The van der Waals surface area contributed by atoms with Crippen molar-refractivity contribution in [2.75, 3.05) is 5.32 Å². The predicted octanol–water partition coefficient (Wildman–Crippen LogP) is 2.97. The number of carbonyl (C=O) groups is 1. The molecule has 0 fully saturated rings. The highest BCUT2D eigenvalue weighted by atomic mass is 35.5. The molecule has 1 amide bonds. The molecule has 3 aromatic rings. The van der Waals surface area contributed by atoms with Crippen LogP contribution in [-0.2, 0) is 6.61 Å². The number of amides is 1. The molecular weight excluding hydrogens is 328 g/mol. The number of rotatable bonds is 4. The second-order valence-corrected chi connectivity index (χ2v) is 5.63. The summed E-state index contributed by atoms with van der Waals surface area (Å²) in [6.07, 6.45) is 4.72. The molecule has 7 heteroatoms. The first-order valence-corrected chi connectivity index (χ1v) is 7.63. The molecule has 2 heterocycles. The first kappa shape index (κ1) is 16.2. The van der Waals surface area contributed by atoms with Gasteiger partial charge in [0.25, 0.3) is 5.91 Å². The van der Waals surface area contributed by atoms with Gasteiger partial charge < -0.3 is 10.4 Å². The van der Waals surface area contributed by atoms with Crippen molar-refractivity contribution in [2.24, 2.45) is 0 Å². The highest BCUT2D eigenvalue weighted by Gasteiger charge is 2.15. The van der Waals surface area contributed by atoms with Crippen molar-refractivity contribution < 1.29 is 9.90 Å². The van der Waals surface area contributed by atoms with E-state index in [-0.39, 0.29) is 12.5 Å². The van der Waals surface area contributed by atoms with Crippen molar-refractivity contribution in [3.63, 3.8) is 0 Å². The molecule has 24 heavy (non-hydrogen) atoms. The van der Waals surface area contributed by atoms with Gasteiger partial charge in [0.15, 0.2) is 0 Å². The topological polar surface area (TPSA) is 80.0 Å². The van der Waals surface area contributed by atoms with Crippen LogP contribution in [0.4, 0.5) is 5.69 Å². The number of aliphatic hydroxyl groups excluding tert-OH is 1.